The molecule has 1 aliphatic carbocycles. The molecule has 0 saturated heterocycles. The lowest BCUT2D eigenvalue weighted by Crippen LogP contribution is -2.35. The molecule has 0 bridgehead atoms. The summed E-state index contributed by atoms with van der Waals surface area (Å²) in [5, 5.41) is 8.52. The molecule has 1 fully saturated rings. The maximum Gasteiger partial charge on any atom is 0.0644 e. The van der Waals surface area contributed by atoms with E-state index in [1.807, 2.05) is 0 Å². The number of hydrogen-bond acceptors (Lipinski definition) is 2. The highest BCUT2D eigenvalue weighted by atomic mass is 15.3. The Balaban J connectivity index is 2.32. The fourth-order valence-electron chi connectivity index (χ4n) is 4.19. The lowest BCUT2D eigenvalue weighted by molar-refractivity contribution is 0.175. The van der Waals surface area contributed by atoms with Gasteiger partial charge >= 0.3 is 0 Å². The van der Waals surface area contributed by atoms with E-state index >= 15 is 0 Å². The Morgan fingerprint density at radius 3 is 2.52 bits per heavy atom. The Labute approximate surface area is 130 Å². The van der Waals surface area contributed by atoms with Crippen LogP contribution in [0, 0.1) is 25.7 Å². The number of rotatable bonds is 6. The smallest absolute Gasteiger partial charge is 0.0644 e. The van der Waals surface area contributed by atoms with Gasteiger partial charge in [-0.3, -0.25) is 4.68 Å². The SMILES string of the molecule is CCCNC(c1c(C)nn(C)c1C)C1CCCCC1CC. The molecule has 2 rings (SSSR count). The standard InChI is InChI=1S/C18H33N3/c1-6-12-19-18(16-11-9-8-10-15(16)7-2)17-13(3)20-21(5)14(17)4/h15-16,18-19H,6-12H2,1-5H3. The highest BCUT2D eigenvalue weighted by Gasteiger charge is 2.34. The van der Waals surface area contributed by atoms with Crippen LogP contribution >= 0.6 is 0 Å². The van der Waals surface area contributed by atoms with Crippen molar-refractivity contribution in [2.45, 2.75) is 72.3 Å². The van der Waals surface area contributed by atoms with Crippen molar-refractivity contribution in [2.75, 3.05) is 6.54 Å². The van der Waals surface area contributed by atoms with Gasteiger partial charge in [0.05, 0.1) is 5.69 Å². The lowest BCUT2D eigenvalue weighted by atomic mass is 9.72. The Morgan fingerprint density at radius 1 is 1.24 bits per heavy atom. The van der Waals surface area contributed by atoms with E-state index in [-0.39, 0.29) is 0 Å². The molecule has 1 heterocycles. The molecule has 3 atom stereocenters. The maximum absolute atomic E-state index is 4.66. The Morgan fingerprint density at radius 2 is 1.95 bits per heavy atom. The first-order valence-corrected chi connectivity index (χ1v) is 8.83. The van der Waals surface area contributed by atoms with Crippen LogP contribution in [0.2, 0.25) is 0 Å². The van der Waals surface area contributed by atoms with E-state index in [1.165, 1.54) is 55.5 Å². The van der Waals surface area contributed by atoms with Crippen molar-refractivity contribution in [1.82, 2.24) is 15.1 Å². The minimum Gasteiger partial charge on any atom is -0.310 e. The van der Waals surface area contributed by atoms with Gasteiger partial charge in [0.1, 0.15) is 0 Å². The number of aromatic nitrogens is 2. The third-order valence-corrected chi connectivity index (χ3v) is 5.41. The van der Waals surface area contributed by atoms with Crippen LogP contribution in [0.4, 0.5) is 0 Å². The molecule has 0 spiro atoms. The third-order valence-electron chi connectivity index (χ3n) is 5.41. The quantitative estimate of drug-likeness (QED) is 0.847. The van der Waals surface area contributed by atoms with E-state index in [0.717, 1.165) is 18.4 Å². The van der Waals surface area contributed by atoms with Crippen molar-refractivity contribution < 1.29 is 0 Å². The van der Waals surface area contributed by atoms with Crippen LogP contribution in [0.15, 0.2) is 0 Å². The summed E-state index contributed by atoms with van der Waals surface area (Å²) < 4.78 is 2.05. The van der Waals surface area contributed by atoms with E-state index in [9.17, 15) is 0 Å². The van der Waals surface area contributed by atoms with E-state index < -0.39 is 0 Å². The zero-order valence-corrected chi connectivity index (χ0v) is 14.6. The van der Waals surface area contributed by atoms with Crippen molar-refractivity contribution in [3.8, 4) is 0 Å². The molecule has 3 unspecified atom stereocenters. The lowest BCUT2D eigenvalue weighted by Gasteiger charge is -2.38. The molecule has 0 amide bonds. The number of nitrogens with one attached hydrogen (secondary N) is 1. The molecule has 1 aromatic heterocycles. The topological polar surface area (TPSA) is 29.9 Å². The number of hydrogen-bond donors (Lipinski definition) is 1. The van der Waals surface area contributed by atoms with Gasteiger partial charge < -0.3 is 5.32 Å². The average Bonchev–Trinajstić information content (AvgIpc) is 2.74. The zero-order valence-electron chi connectivity index (χ0n) is 14.6. The van der Waals surface area contributed by atoms with Gasteiger partial charge in [0.15, 0.2) is 0 Å². The second-order valence-electron chi connectivity index (χ2n) is 6.76. The molecule has 1 aromatic rings. The molecular formula is C18H33N3. The summed E-state index contributed by atoms with van der Waals surface area (Å²) in [5.41, 5.74) is 4.02. The summed E-state index contributed by atoms with van der Waals surface area (Å²) in [6.45, 7) is 10.1. The van der Waals surface area contributed by atoms with Crippen molar-refractivity contribution in [3.63, 3.8) is 0 Å². The third kappa shape index (κ3) is 3.50. The summed E-state index contributed by atoms with van der Waals surface area (Å²) in [7, 11) is 2.07. The van der Waals surface area contributed by atoms with Crippen LogP contribution in [-0.4, -0.2) is 16.3 Å². The molecule has 0 aliphatic heterocycles. The second kappa shape index (κ2) is 7.44. The summed E-state index contributed by atoms with van der Waals surface area (Å²) in [5.74, 6) is 1.64. The van der Waals surface area contributed by atoms with Gasteiger partial charge in [-0.15, -0.1) is 0 Å². The van der Waals surface area contributed by atoms with E-state index in [4.69, 9.17) is 0 Å². The van der Waals surface area contributed by atoms with E-state index in [0.29, 0.717) is 6.04 Å². The fraction of sp³-hybridized carbons (Fsp3) is 0.833. The normalized spacial score (nSPS) is 24.2. The molecular weight excluding hydrogens is 258 g/mol. The van der Waals surface area contributed by atoms with Gasteiger partial charge in [-0.1, -0.05) is 39.5 Å². The molecule has 1 N–H and O–H groups in total. The van der Waals surface area contributed by atoms with Crippen molar-refractivity contribution in [3.05, 3.63) is 17.0 Å². The van der Waals surface area contributed by atoms with Gasteiger partial charge in [-0.05, 0) is 45.1 Å². The van der Waals surface area contributed by atoms with Crippen molar-refractivity contribution in [2.24, 2.45) is 18.9 Å². The molecule has 120 valence electrons. The van der Waals surface area contributed by atoms with Gasteiger partial charge in [-0.2, -0.15) is 5.10 Å². The molecule has 0 aromatic carbocycles. The van der Waals surface area contributed by atoms with E-state index in [1.54, 1.807) is 0 Å². The first-order valence-electron chi connectivity index (χ1n) is 8.83. The predicted molar refractivity (Wildman–Crippen MR) is 89.5 cm³/mol. The molecule has 3 nitrogen and oxygen atoms in total. The fourth-order valence-corrected chi connectivity index (χ4v) is 4.19. The largest absolute Gasteiger partial charge is 0.310 e. The Kier molecular flexibility index (Phi) is 5.86. The number of aryl methyl sites for hydroxylation is 2. The summed E-state index contributed by atoms with van der Waals surface area (Å²) in [6.07, 6.45) is 8.09. The minimum atomic E-state index is 0.490. The highest BCUT2D eigenvalue weighted by Crippen LogP contribution is 2.41. The minimum absolute atomic E-state index is 0.490. The van der Waals surface area contributed by atoms with Crippen LogP contribution in [0.25, 0.3) is 0 Å². The highest BCUT2D eigenvalue weighted by molar-refractivity contribution is 5.29. The zero-order chi connectivity index (χ0) is 15.4. The summed E-state index contributed by atoms with van der Waals surface area (Å²) >= 11 is 0. The molecule has 3 heteroatoms. The second-order valence-corrected chi connectivity index (χ2v) is 6.76. The van der Waals surface area contributed by atoms with Gasteiger partial charge in [0.25, 0.3) is 0 Å². The van der Waals surface area contributed by atoms with Crippen molar-refractivity contribution in [1.29, 1.82) is 0 Å². The average molecular weight is 291 g/mol. The van der Waals surface area contributed by atoms with Gasteiger partial charge in [0.2, 0.25) is 0 Å². The predicted octanol–water partition coefficient (Wildman–Crippen LogP) is 4.29. The maximum atomic E-state index is 4.66. The first-order chi connectivity index (χ1) is 10.1. The molecule has 1 saturated carbocycles. The number of nitrogens with zero attached hydrogens (tertiary/aromatic N) is 2. The van der Waals surface area contributed by atoms with Crippen LogP contribution in [0.5, 0.6) is 0 Å². The summed E-state index contributed by atoms with van der Waals surface area (Å²) in [6, 6.07) is 0.490. The monoisotopic (exact) mass is 291 g/mol. The van der Waals surface area contributed by atoms with Crippen LogP contribution < -0.4 is 5.32 Å². The van der Waals surface area contributed by atoms with Gasteiger partial charge in [0, 0.05) is 24.3 Å². The van der Waals surface area contributed by atoms with Gasteiger partial charge in [-0.25, -0.2) is 0 Å². The molecule has 21 heavy (non-hydrogen) atoms. The Hall–Kier alpha value is -0.830. The molecule has 1 aliphatic rings. The van der Waals surface area contributed by atoms with Crippen LogP contribution in [0.3, 0.4) is 0 Å². The first kappa shape index (κ1) is 16.5. The van der Waals surface area contributed by atoms with Crippen LogP contribution in [-0.2, 0) is 7.05 Å². The van der Waals surface area contributed by atoms with E-state index in [2.05, 4.69) is 49.8 Å². The molecule has 0 radical (unpaired) electrons. The Bertz CT molecular complexity index is 450. The van der Waals surface area contributed by atoms with Crippen LogP contribution in [0.1, 0.15) is 75.4 Å². The van der Waals surface area contributed by atoms with Crippen molar-refractivity contribution >= 4 is 0 Å². The summed E-state index contributed by atoms with van der Waals surface area (Å²) in [4.78, 5) is 0.